The van der Waals surface area contributed by atoms with Crippen LogP contribution in [0.2, 0.25) is 5.02 Å². The van der Waals surface area contributed by atoms with E-state index in [-0.39, 0.29) is 48.6 Å². The Hall–Kier alpha value is -3.84. The van der Waals surface area contributed by atoms with Gasteiger partial charge in [0.05, 0.1) is 11.3 Å². The van der Waals surface area contributed by atoms with Crippen LogP contribution in [0.4, 0.5) is 10.5 Å². The first kappa shape index (κ1) is 24.3. The molecule has 1 aliphatic rings. The van der Waals surface area contributed by atoms with Gasteiger partial charge >= 0.3 is 12.1 Å². The topological polar surface area (TPSA) is 105 Å². The van der Waals surface area contributed by atoms with E-state index in [0.717, 1.165) is 22.3 Å². The van der Waals surface area contributed by atoms with Gasteiger partial charge in [-0.2, -0.15) is 0 Å². The largest absolute Gasteiger partial charge is 0.478 e. The van der Waals surface area contributed by atoms with Crippen LogP contribution in [0.3, 0.4) is 0 Å². The van der Waals surface area contributed by atoms with Crippen LogP contribution >= 0.6 is 11.6 Å². The minimum absolute atomic E-state index is 0.0301. The summed E-state index contributed by atoms with van der Waals surface area (Å²) in [5.74, 6) is -1.78. The molecule has 0 saturated heterocycles. The van der Waals surface area contributed by atoms with Crippen molar-refractivity contribution in [1.82, 2.24) is 5.32 Å². The number of amides is 2. The summed E-state index contributed by atoms with van der Waals surface area (Å²) in [6.45, 7) is 2.24. The highest BCUT2D eigenvalue weighted by atomic mass is 35.5. The lowest BCUT2D eigenvalue weighted by atomic mass is 9.98. The maximum Gasteiger partial charge on any atom is 0.407 e. The van der Waals surface area contributed by atoms with Gasteiger partial charge in [-0.1, -0.05) is 67.1 Å². The third-order valence-corrected chi connectivity index (χ3v) is 6.19. The van der Waals surface area contributed by atoms with Crippen molar-refractivity contribution in [3.05, 3.63) is 88.4 Å². The molecule has 8 heteroatoms. The number of hydrogen-bond acceptors (Lipinski definition) is 4. The molecule has 3 aromatic rings. The van der Waals surface area contributed by atoms with Crippen molar-refractivity contribution in [1.29, 1.82) is 0 Å². The van der Waals surface area contributed by atoms with E-state index in [2.05, 4.69) is 34.9 Å². The summed E-state index contributed by atoms with van der Waals surface area (Å²) in [7, 11) is 0. The number of benzene rings is 3. The number of halogens is 1. The van der Waals surface area contributed by atoms with Gasteiger partial charge in [-0.3, -0.25) is 4.79 Å². The normalized spacial score (nSPS) is 12.9. The van der Waals surface area contributed by atoms with Gasteiger partial charge in [0, 0.05) is 23.9 Å². The molecule has 35 heavy (non-hydrogen) atoms. The molecule has 0 fully saturated rings. The lowest BCUT2D eigenvalue weighted by Crippen LogP contribution is -2.31. The summed E-state index contributed by atoms with van der Waals surface area (Å²) < 4.78 is 5.52. The van der Waals surface area contributed by atoms with Crippen LogP contribution in [0.1, 0.15) is 40.7 Å². The molecule has 0 aromatic heterocycles. The van der Waals surface area contributed by atoms with Crippen molar-refractivity contribution < 1.29 is 24.2 Å². The van der Waals surface area contributed by atoms with Gasteiger partial charge in [-0.05, 0) is 46.4 Å². The van der Waals surface area contributed by atoms with Crippen LogP contribution in [-0.4, -0.2) is 36.2 Å². The lowest BCUT2D eigenvalue weighted by Gasteiger charge is -2.16. The van der Waals surface area contributed by atoms with Crippen molar-refractivity contribution in [2.24, 2.45) is 5.92 Å². The molecule has 0 aliphatic heterocycles. The number of carbonyl (C=O) groups is 3. The van der Waals surface area contributed by atoms with Gasteiger partial charge in [-0.15, -0.1) is 0 Å². The summed E-state index contributed by atoms with van der Waals surface area (Å²) in [4.78, 5) is 36.1. The number of carboxylic acids is 1. The van der Waals surface area contributed by atoms with E-state index in [4.69, 9.17) is 16.3 Å². The molecule has 0 bridgehead atoms. The Morgan fingerprint density at radius 1 is 1.00 bits per heavy atom. The maximum atomic E-state index is 12.4. The van der Waals surface area contributed by atoms with Crippen LogP contribution < -0.4 is 10.6 Å². The minimum Gasteiger partial charge on any atom is -0.478 e. The number of fused-ring (bicyclic) bond motifs is 3. The van der Waals surface area contributed by atoms with Crippen LogP contribution in [0, 0.1) is 5.92 Å². The molecule has 0 heterocycles. The van der Waals surface area contributed by atoms with Crippen molar-refractivity contribution in [2.45, 2.75) is 19.3 Å². The third-order valence-electron chi connectivity index (χ3n) is 5.96. The molecule has 1 aliphatic carbocycles. The first-order valence-electron chi connectivity index (χ1n) is 11.2. The summed E-state index contributed by atoms with van der Waals surface area (Å²) in [5.41, 5.74) is 4.66. The molecule has 3 aromatic carbocycles. The van der Waals surface area contributed by atoms with E-state index in [1.54, 1.807) is 6.92 Å². The van der Waals surface area contributed by atoms with Crippen LogP contribution in [0.5, 0.6) is 0 Å². The first-order chi connectivity index (χ1) is 16.8. The number of rotatable bonds is 8. The zero-order chi connectivity index (χ0) is 24.9. The molecule has 7 nitrogen and oxygen atoms in total. The van der Waals surface area contributed by atoms with E-state index >= 15 is 0 Å². The highest BCUT2D eigenvalue weighted by molar-refractivity contribution is 6.31. The second-order valence-electron chi connectivity index (χ2n) is 8.56. The molecule has 180 valence electrons. The molecule has 2 amide bonds. The average molecular weight is 493 g/mol. The van der Waals surface area contributed by atoms with Gasteiger partial charge in [0.2, 0.25) is 5.91 Å². The zero-order valence-corrected chi connectivity index (χ0v) is 19.8. The number of anilines is 1. The third kappa shape index (κ3) is 5.63. The number of aromatic carboxylic acids is 1. The van der Waals surface area contributed by atoms with Crippen molar-refractivity contribution >= 4 is 35.3 Å². The Kier molecular flexibility index (Phi) is 7.36. The van der Waals surface area contributed by atoms with Gasteiger partial charge in [0.25, 0.3) is 0 Å². The number of carbonyl (C=O) groups excluding carboxylic acids is 2. The fourth-order valence-electron chi connectivity index (χ4n) is 4.30. The summed E-state index contributed by atoms with van der Waals surface area (Å²) in [6.07, 6.45) is -0.475. The van der Waals surface area contributed by atoms with E-state index < -0.39 is 12.1 Å². The molecular weight excluding hydrogens is 468 g/mol. The van der Waals surface area contributed by atoms with Gasteiger partial charge < -0.3 is 20.5 Å². The van der Waals surface area contributed by atoms with Crippen LogP contribution in [0.15, 0.2) is 66.7 Å². The summed E-state index contributed by atoms with van der Waals surface area (Å²) >= 11 is 5.92. The summed E-state index contributed by atoms with van der Waals surface area (Å²) in [5, 5.41) is 14.9. The SMILES string of the molecule is CC(CNC(=O)OCC1c2ccccc2-c2ccccc21)CC(=O)Nc1cc(Cl)ccc1C(=O)O. The predicted octanol–water partition coefficient (Wildman–Crippen LogP) is 5.54. The number of nitrogens with one attached hydrogen (secondary N) is 2. The quantitative estimate of drug-likeness (QED) is 0.383. The monoisotopic (exact) mass is 492 g/mol. The van der Waals surface area contributed by atoms with Crippen molar-refractivity contribution in [2.75, 3.05) is 18.5 Å². The Bertz CT molecular complexity index is 1230. The number of ether oxygens (including phenoxy) is 1. The highest BCUT2D eigenvalue weighted by Gasteiger charge is 2.29. The Balaban J connectivity index is 1.27. The van der Waals surface area contributed by atoms with Crippen molar-refractivity contribution in [3.63, 3.8) is 0 Å². The molecule has 3 N–H and O–H groups in total. The standard InChI is InChI=1S/C27H25ClN2O5/c1-16(12-25(31)30-24-13-17(28)10-11-22(24)26(32)33)14-29-27(34)35-15-23-20-8-4-2-6-18(20)19-7-3-5-9-21(19)23/h2-11,13,16,23H,12,14-15H2,1H3,(H,29,34)(H,30,31)(H,32,33). The number of hydrogen-bond donors (Lipinski definition) is 3. The molecule has 0 radical (unpaired) electrons. The Morgan fingerprint density at radius 3 is 2.26 bits per heavy atom. The molecule has 4 rings (SSSR count). The number of carboxylic acid groups (broad SMARTS) is 1. The van der Waals surface area contributed by atoms with Crippen molar-refractivity contribution in [3.8, 4) is 11.1 Å². The fraction of sp³-hybridized carbons (Fsp3) is 0.222. The highest BCUT2D eigenvalue weighted by Crippen LogP contribution is 2.44. The molecule has 0 spiro atoms. The van der Waals surface area contributed by atoms with Crippen LogP contribution in [0.25, 0.3) is 11.1 Å². The smallest absolute Gasteiger partial charge is 0.407 e. The minimum atomic E-state index is -1.16. The number of alkyl carbamates (subject to hydrolysis) is 1. The Labute approximate surface area is 208 Å². The second kappa shape index (κ2) is 10.6. The first-order valence-corrected chi connectivity index (χ1v) is 11.6. The van der Waals surface area contributed by atoms with Gasteiger partial charge in [-0.25, -0.2) is 9.59 Å². The molecule has 1 atom stereocenters. The molecule has 1 unspecified atom stereocenters. The lowest BCUT2D eigenvalue weighted by molar-refractivity contribution is -0.116. The molecule has 0 saturated carbocycles. The van der Waals surface area contributed by atoms with E-state index in [0.29, 0.717) is 5.02 Å². The summed E-state index contributed by atoms with van der Waals surface area (Å²) in [6, 6.07) is 20.4. The Morgan fingerprint density at radius 2 is 1.63 bits per heavy atom. The van der Waals surface area contributed by atoms with E-state index in [1.165, 1.54) is 18.2 Å². The van der Waals surface area contributed by atoms with Gasteiger partial charge in [0.15, 0.2) is 0 Å². The maximum absolute atomic E-state index is 12.4. The van der Waals surface area contributed by atoms with Gasteiger partial charge in [0.1, 0.15) is 6.61 Å². The zero-order valence-electron chi connectivity index (χ0n) is 19.1. The predicted molar refractivity (Wildman–Crippen MR) is 134 cm³/mol. The van der Waals surface area contributed by atoms with Crippen LogP contribution in [-0.2, 0) is 9.53 Å². The second-order valence-corrected chi connectivity index (χ2v) is 9.00. The average Bonchev–Trinajstić information content (AvgIpc) is 3.15. The van der Waals surface area contributed by atoms with E-state index in [1.807, 2.05) is 24.3 Å². The van der Waals surface area contributed by atoms with E-state index in [9.17, 15) is 19.5 Å². The fourth-order valence-corrected chi connectivity index (χ4v) is 4.48. The molecular formula is C27H25ClN2O5.